The number of carbonyl (C=O) groups excluding carboxylic acids is 1. The molecule has 21 heavy (non-hydrogen) atoms. The quantitative estimate of drug-likeness (QED) is 0.915. The molecule has 114 valence electrons. The number of amides is 1. The van der Waals surface area contributed by atoms with Crippen molar-refractivity contribution in [3.63, 3.8) is 0 Å². The maximum atomic E-state index is 12.6. The first-order valence-electron chi connectivity index (χ1n) is 7.51. The molecule has 6 heteroatoms. The minimum Gasteiger partial charge on any atom is -0.481 e. The van der Waals surface area contributed by atoms with Gasteiger partial charge in [0.15, 0.2) is 5.69 Å². The molecular weight excluding hydrogens is 270 g/mol. The third-order valence-corrected chi connectivity index (χ3v) is 4.43. The van der Waals surface area contributed by atoms with Gasteiger partial charge in [0.1, 0.15) is 0 Å². The van der Waals surface area contributed by atoms with Crippen LogP contribution in [0.25, 0.3) is 0 Å². The van der Waals surface area contributed by atoms with Gasteiger partial charge >= 0.3 is 5.97 Å². The van der Waals surface area contributed by atoms with E-state index < -0.39 is 11.9 Å². The molecule has 2 atom stereocenters. The first-order chi connectivity index (χ1) is 9.95. The van der Waals surface area contributed by atoms with Crippen molar-refractivity contribution in [2.75, 3.05) is 13.1 Å². The summed E-state index contributed by atoms with van der Waals surface area (Å²) < 4.78 is 1.78. The molecule has 2 heterocycles. The minimum atomic E-state index is -0.820. The number of hydrogen-bond acceptors (Lipinski definition) is 3. The van der Waals surface area contributed by atoms with E-state index in [-0.39, 0.29) is 18.4 Å². The van der Waals surface area contributed by atoms with Gasteiger partial charge in [-0.05, 0) is 31.2 Å². The maximum absolute atomic E-state index is 12.6. The maximum Gasteiger partial charge on any atom is 0.308 e. The molecule has 0 aromatic carbocycles. The summed E-state index contributed by atoms with van der Waals surface area (Å²) in [6, 6.07) is 1.87. The van der Waals surface area contributed by atoms with Gasteiger partial charge in [-0.1, -0.05) is 6.92 Å². The van der Waals surface area contributed by atoms with Crippen LogP contribution in [0.5, 0.6) is 0 Å². The Morgan fingerprint density at radius 3 is 2.67 bits per heavy atom. The van der Waals surface area contributed by atoms with Crippen molar-refractivity contribution < 1.29 is 14.7 Å². The second-order valence-corrected chi connectivity index (χ2v) is 6.44. The Labute approximate surface area is 123 Å². The molecule has 6 nitrogen and oxygen atoms in total. The first-order valence-corrected chi connectivity index (χ1v) is 7.51. The lowest BCUT2D eigenvalue weighted by Gasteiger charge is -2.34. The van der Waals surface area contributed by atoms with Crippen molar-refractivity contribution >= 4 is 11.9 Å². The van der Waals surface area contributed by atoms with E-state index >= 15 is 0 Å². The monoisotopic (exact) mass is 291 g/mol. The van der Waals surface area contributed by atoms with E-state index in [9.17, 15) is 14.7 Å². The highest BCUT2D eigenvalue weighted by Crippen LogP contribution is 2.40. The zero-order valence-electron chi connectivity index (χ0n) is 12.5. The van der Waals surface area contributed by atoms with Gasteiger partial charge in [0, 0.05) is 31.7 Å². The lowest BCUT2D eigenvalue weighted by atomic mass is 9.90. The lowest BCUT2D eigenvalue weighted by Crippen LogP contribution is -2.45. The third-order valence-electron chi connectivity index (χ3n) is 4.43. The summed E-state index contributed by atoms with van der Waals surface area (Å²) >= 11 is 0. The first kappa shape index (κ1) is 14.1. The van der Waals surface area contributed by atoms with Crippen molar-refractivity contribution in [2.45, 2.75) is 32.1 Å². The number of likely N-dealkylation sites (tertiary alicyclic amines) is 1. The van der Waals surface area contributed by atoms with E-state index in [1.807, 2.05) is 20.0 Å². The number of nitrogens with zero attached hydrogens (tertiary/aromatic N) is 3. The molecule has 1 amide bonds. The largest absolute Gasteiger partial charge is 0.481 e. The van der Waals surface area contributed by atoms with Crippen LogP contribution in [0, 0.1) is 11.8 Å². The molecule has 1 aliphatic carbocycles. The van der Waals surface area contributed by atoms with Crippen LogP contribution in [0.1, 0.15) is 48.3 Å². The van der Waals surface area contributed by atoms with Crippen molar-refractivity contribution in [1.29, 1.82) is 0 Å². The summed E-state index contributed by atoms with van der Waals surface area (Å²) in [5.41, 5.74) is 1.55. The molecule has 3 rings (SSSR count). The number of piperidine rings is 1. The van der Waals surface area contributed by atoms with E-state index in [1.165, 1.54) is 0 Å². The standard InChI is InChI=1S/C15H21N3O3/c1-9-5-11(15(20)21)8-18(7-9)14(19)12-6-13(10-3-4-10)17(2)16-12/h6,9-11H,3-5,7-8H2,1-2H3,(H,20,21). The Morgan fingerprint density at radius 1 is 1.33 bits per heavy atom. The zero-order chi connectivity index (χ0) is 15.1. The van der Waals surface area contributed by atoms with Gasteiger partial charge in [-0.25, -0.2) is 0 Å². The highest BCUT2D eigenvalue weighted by Gasteiger charge is 2.34. The van der Waals surface area contributed by atoms with Crippen LogP contribution < -0.4 is 0 Å². The van der Waals surface area contributed by atoms with Crippen LogP contribution in [-0.2, 0) is 11.8 Å². The summed E-state index contributed by atoms with van der Waals surface area (Å²) in [6.45, 7) is 2.88. The smallest absolute Gasteiger partial charge is 0.308 e. The van der Waals surface area contributed by atoms with Gasteiger partial charge in [0.2, 0.25) is 0 Å². The Morgan fingerprint density at radius 2 is 2.05 bits per heavy atom. The van der Waals surface area contributed by atoms with Crippen LogP contribution in [-0.4, -0.2) is 44.8 Å². The molecule has 1 saturated carbocycles. The number of aliphatic carboxylic acids is 1. The van der Waals surface area contributed by atoms with Crippen molar-refractivity contribution in [3.8, 4) is 0 Å². The normalized spacial score (nSPS) is 25.9. The molecule has 1 aromatic heterocycles. The molecule has 2 aliphatic rings. The zero-order valence-corrected chi connectivity index (χ0v) is 12.5. The number of aryl methyl sites for hydroxylation is 1. The van der Waals surface area contributed by atoms with E-state index in [4.69, 9.17) is 0 Å². The average molecular weight is 291 g/mol. The molecule has 1 aliphatic heterocycles. The van der Waals surface area contributed by atoms with Gasteiger partial charge in [-0.15, -0.1) is 0 Å². The summed E-state index contributed by atoms with van der Waals surface area (Å²) in [6.07, 6.45) is 2.96. The van der Waals surface area contributed by atoms with Crippen molar-refractivity contribution in [3.05, 3.63) is 17.5 Å². The summed E-state index contributed by atoms with van der Waals surface area (Å²) in [7, 11) is 1.86. The summed E-state index contributed by atoms with van der Waals surface area (Å²) in [5.74, 6) is -0.690. The van der Waals surface area contributed by atoms with Gasteiger partial charge in [-0.2, -0.15) is 5.10 Å². The highest BCUT2D eigenvalue weighted by molar-refractivity contribution is 5.93. The number of hydrogen-bond donors (Lipinski definition) is 1. The molecule has 0 spiro atoms. The third kappa shape index (κ3) is 2.80. The van der Waals surface area contributed by atoms with Crippen LogP contribution in [0.15, 0.2) is 6.07 Å². The Hall–Kier alpha value is -1.85. The number of aromatic nitrogens is 2. The van der Waals surface area contributed by atoms with E-state index in [2.05, 4.69) is 5.10 Å². The highest BCUT2D eigenvalue weighted by atomic mass is 16.4. The molecule has 1 saturated heterocycles. The molecule has 0 bridgehead atoms. The second kappa shape index (κ2) is 5.16. The molecule has 2 unspecified atom stereocenters. The van der Waals surface area contributed by atoms with Crippen LogP contribution in [0.3, 0.4) is 0 Å². The fourth-order valence-electron chi connectivity index (χ4n) is 3.21. The Kier molecular flexibility index (Phi) is 3.47. The summed E-state index contributed by atoms with van der Waals surface area (Å²) in [5, 5.41) is 13.5. The predicted molar refractivity (Wildman–Crippen MR) is 76.0 cm³/mol. The molecule has 1 aromatic rings. The van der Waals surface area contributed by atoms with Crippen molar-refractivity contribution in [2.24, 2.45) is 18.9 Å². The fourth-order valence-corrected chi connectivity index (χ4v) is 3.21. The average Bonchev–Trinajstić information content (AvgIpc) is 3.20. The number of carboxylic acids is 1. The van der Waals surface area contributed by atoms with E-state index in [1.54, 1.807) is 9.58 Å². The Bertz CT molecular complexity index is 577. The molecule has 2 fully saturated rings. The molecule has 1 N–H and O–H groups in total. The lowest BCUT2D eigenvalue weighted by molar-refractivity contribution is -0.143. The predicted octanol–water partition coefficient (Wildman–Crippen LogP) is 1.48. The van der Waals surface area contributed by atoms with E-state index in [0.29, 0.717) is 24.6 Å². The van der Waals surface area contributed by atoms with Gasteiger partial charge in [0.25, 0.3) is 5.91 Å². The van der Waals surface area contributed by atoms with Crippen LogP contribution in [0.2, 0.25) is 0 Å². The second-order valence-electron chi connectivity index (χ2n) is 6.44. The SMILES string of the molecule is CC1CC(C(=O)O)CN(C(=O)c2cc(C3CC3)n(C)n2)C1. The fraction of sp³-hybridized carbons (Fsp3) is 0.667. The molecular formula is C15H21N3O3. The van der Waals surface area contributed by atoms with Gasteiger partial charge in [-0.3, -0.25) is 14.3 Å². The van der Waals surface area contributed by atoms with Crippen molar-refractivity contribution in [1.82, 2.24) is 14.7 Å². The molecule has 0 radical (unpaired) electrons. The number of carbonyl (C=O) groups is 2. The van der Waals surface area contributed by atoms with Gasteiger partial charge < -0.3 is 10.0 Å². The minimum absolute atomic E-state index is 0.143. The van der Waals surface area contributed by atoms with Crippen LogP contribution >= 0.6 is 0 Å². The van der Waals surface area contributed by atoms with Gasteiger partial charge in [0.05, 0.1) is 5.92 Å². The number of carboxylic acid groups (broad SMARTS) is 1. The van der Waals surface area contributed by atoms with Crippen LogP contribution in [0.4, 0.5) is 0 Å². The van der Waals surface area contributed by atoms with E-state index in [0.717, 1.165) is 18.5 Å². The topological polar surface area (TPSA) is 75.4 Å². The number of rotatable bonds is 3. The Balaban J connectivity index is 1.77. The summed E-state index contributed by atoms with van der Waals surface area (Å²) in [4.78, 5) is 25.4.